The van der Waals surface area contributed by atoms with Crippen LogP contribution in [0.3, 0.4) is 0 Å². The SMILES string of the molecule is C=CCCCCCCCCCCCCCCCC(=O)OC[C@H](CO[C@H]1O[C@@H](CO[C@H]2O[C@@H](CO)[C@@H](O)C(O)C2O)[C@@H](O)C(O)C1O)OC(=O)CCCCCCCCCCCCCCCCCCCCCC. The first kappa shape index (κ1) is 65.4. The molecule has 71 heavy (non-hydrogen) atoms. The molecule has 7 N–H and O–H groups in total. The summed E-state index contributed by atoms with van der Waals surface area (Å²) < 4.78 is 33.7. The molecule has 0 aromatic rings. The van der Waals surface area contributed by atoms with Gasteiger partial charge in [-0.05, 0) is 25.7 Å². The van der Waals surface area contributed by atoms with Crippen molar-refractivity contribution in [2.24, 2.45) is 0 Å². The monoisotopic (exact) mass is 1020 g/mol. The predicted molar refractivity (Wildman–Crippen MR) is 275 cm³/mol. The molecule has 0 aromatic heterocycles. The second-order valence-electron chi connectivity index (χ2n) is 20.6. The molecule has 11 atom stereocenters. The van der Waals surface area contributed by atoms with Gasteiger partial charge in [0, 0.05) is 12.8 Å². The van der Waals surface area contributed by atoms with Crippen LogP contribution in [-0.2, 0) is 38.0 Å². The Morgan fingerprint density at radius 2 is 0.831 bits per heavy atom. The molecular weight excluding hydrogens is 913 g/mol. The Bertz CT molecular complexity index is 1270. The minimum Gasteiger partial charge on any atom is -0.462 e. The molecule has 15 heteroatoms. The van der Waals surface area contributed by atoms with Crippen LogP contribution in [0.15, 0.2) is 12.7 Å². The van der Waals surface area contributed by atoms with Gasteiger partial charge in [0.25, 0.3) is 0 Å². The Hall–Kier alpha value is -1.76. The number of rotatable bonds is 47. The fourth-order valence-corrected chi connectivity index (χ4v) is 9.44. The standard InChI is InChI=1S/C56H104O15/c1-3-5-7-9-11-13-15-17-19-20-21-22-23-25-27-29-31-33-35-37-39-48(59)69-44(41-66-47(58)38-36-34-32-30-28-26-24-18-16-14-12-10-8-6-4-2)42-67-55-54(65)52(63)50(61)46(71-55)43-68-56-53(64)51(62)49(60)45(40-57)70-56/h4,44-46,49-57,60-65H,2-3,5-43H2,1H3/t44-,45+,46+,49-,50-,51?,52?,53?,54?,55+,56+/m1/s1. The molecule has 0 radical (unpaired) electrons. The molecule has 2 aliphatic rings. The lowest BCUT2D eigenvalue weighted by atomic mass is 9.98. The summed E-state index contributed by atoms with van der Waals surface area (Å²) in [6, 6.07) is 0. The van der Waals surface area contributed by atoms with Crippen molar-refractivity contribution in [1.29, 1.82) is 0 Å². The first-order valence-corrected chi connectivity index (χ1v) is 28.7. The van der Waals surface area contributed by atoms with Crippen LogP contribution in [0.25, 0.3) is 0 Å². The maximum absolute atomic E-state index is 13.1. The zero-order valence-corrected chi connectivity index (χ0v) is 44.3. The van der Waals surface area contributed by atoms with Gasteiger partial charge in [-0.15, -0.1) is 6.58 Å². The molecule has 0 amide bonds. The molecule has 2 fully saturated rings. The summed E-state index contributed by atoms with van der Waals surface area (Å²) in [6.45, 7) is 4.18. The Morgan fingerprint density at radius 1 is 0.465 bits per heavy atom. The van der Waals surface area contributed by atoms with Crippen LogP contribution in [0.4, 0.5) is 0 Å². The van der Waals surface area contributed by atoms with E-state index >= 15 is 0 Å². The van der Waals surface area contributed by atoms with Gasteiger partial charge in [-0.2, -0.15) is 0 Å². The van der Waals surface area contributed by atoms with Gasteiger partial charge in [-0.3, -0.25) is 9.59 Å². The lowest BCUT2D eigenvalue weighted by Crippen LogP contribution is -2.61. The lowest BCUT2D eigenvalue weighted by molar-refractivity contribution is -0.332. The number of carbonyl (C=O) groups excluding carboxylic acids is 2. The molecule has 0 bridgehead atoms. The molecule has 0 aromatic carbocycles. The molecule has 0 aliphatic carbocycles. The van der Waals surface area contributed by atoms with Crippen molar-refractivity contribution >= 4 is 11.9 Å². The highest BCUT2D eigenvalue weighted by Gasteiger charge is 2.47. The van der Waals surface area contributed by atoms with Crippen LogP contribution in [-0.4, -0.2) is 142 Å². The summed E-state index contributed by atoms with van der Waals surface area (Å²) in [6.07, 6.45) is 27.0. The lowest BCUT2D eigenvalue weighted by Gasteiger charge is -2.42. The highest BCUT2D eigenvalue weighted by molar-refractivity contribution is 5.70. The maximum atomic E-state index is 13.1. The number of ether oxygens (including phenoxy) is 6. The molecule has 2 saturated heterocycles. The third-order valence-corrected chi connectivity index (χ3v) is 14.1. The first-order chi connectivity index (χ1) is 34.5. The number of carbonyl (C=O) groups is 2. The maximum Gasteiger partial charge on any atom is 0.306 e. The number of hydrogen-bond acceptors (Lipinski definition) is 15. The number of esters is 2. The van der Waals surface area contributed by atoms with Gasteiger partial charge in [0.15, 0.2) is 18.7 Å². The van der Waals surface area contributed by atoms with E-state index in [9.17, 15) is 45.3 Å². The smallest absolute Gasteiger partial charge is 0.306 e. The highest BCUT2D eigenvalue weighted by atomic mass is 16.7. The summed E-state index contributed by atoms with van der Waals surface area (Å²) in [5.41, 5.74) is 0. The molecule has 4 unspecified atom stereocenters. The zero-order chi connectivity index (χ0) is 51.7. The fourth-order valence-electron chi connectivity index (χ4n) is 9.44. The third-order valence-electron chi connectivity index (χ3n) is 14.1. The van der Waals surface area contributed by atoms with Crippen LogP contribution < -0.4 is 0 Å². The summed E-state index contributed by atoms with van der Waals surface area (Å²) in [5.74, 6) is -0.912. The van der Waals surface area contributed by atoms with E-state index in [0.717, 1.165) is 44.9 Å². The van der Waals surface area contributed by atoms with Crippen molar-refractivity contribution in [3.63, 3.8) is 0 Å². The summed E-state index contributed by atoms with van der Waals surface area (Å²) in [7, 11) is 0. The van der Waals surface area contributed by atoms with Gasteiger partial charge in [-0.25, -0.2) is 0 Å². The van der Waals surface area contributed by atoms with Crippen LogP contribution in [0.1, 0.15) is 238 Å². The Labute approximate surface area is 429 Å². The quantitative estimate of drug-likeness (QED) is 0.0171. The molecule has 2 aliphatic heterocycles. The molecule has 0 spiro atoms. The van der Waals surface area contributed by atoms with Gasteiger partial charge < -0.3 is 64.2 Å². The Balaban J connectivity index is 1.74. The van der Waals surface area contributed by atoms with Crippen LogP contribution in [0, 0.1) is 0 Å². The van der Waals surface area contributed by atoms with Gasteiger partial charge in [0.1, 0.15) is 55.4 Å². The van der Waals surface area contributed by atoms with E-state index in [0.29, 0.717) is 12.8 Å². The summed E-state index contributed by atoms with van der Waals surface area (Å²) in [4.78, 5) is 25.9. The molecule has 2 rings (SSSR count). The highest BCUT2D eigenvalue weighted by Crippen LogP contribution is 2.27. The number of aliphatic hydroxyl groups is 7. The van der Waals surface area contributed by atoms with Crippen molar-refractivity contribution in [2.75, 3.05) is 26.4 Å². The average molecular weight is 1020 g/mol. The van der Waals surface area contributed by atoms with E-state index in [1.165, 1.54) is 161 Å². The van der Waals surface area contributed by atoms with E-state index < -0.39 is 92.7 Å². The van der Waals surface area contributed by atoms with Crippen LogP contribution in [0.2, 0.25) is 0 Å². The second-order valence-corrected chi connectivity index (χ2v) is 20.6. The number of hydrogen-bond donors (Lipinski definition) is 7. The van der Waals surface area contributed by atoms with Crippen molar-refractivity contribution in [2.45, 2.75) is 306 Å². The van der Waals surface area contributed by atoms with E-state index in [-0.39, 0.29) is 26.1 Å². The van der Waals surface area contributed by atoms with Crippen molar-refractivity contribution in [3.05, 3.63) is 12.7 Å². The largest absolute Gasteiger partial charge is 0.462 e. The molecule has 15 nitrogen and oxygen atoms in total. The minimum absolute atomic E-state index is 0.171. The van der Waals surface area contributed by atoms with Crippen molar-refractivity contribution in [3.8, 4) is 0 Å². The van der Waals surface area contributed by atoms with Gasteiger partial charge in [-0.1, -0.05) is 206 Å². The second kappa shape index (κ2) is 43.5. The number of aliphatic hydroxyl groups excluding tert-OH is 7. The zero-order valence-electron chi connectivity index (χ0n) is 44.3. The van der Waals surface area contributed by atoms with E-state index in [1.54, 1.807) is 0 Å². The summed E-state index contributed by atoms with van der Waals surface area (Å²) >= 11 is 0. The predicted octanol–water partition coefficient (Wildman–Crippen LogP) is 9.33. The Kier molecular flexibility index (Phi) is 40.0. The van der Waals surface area contributed by atoms with E-state index in [2.05, 4.69) is 13.5 Å². The van der Waals surface area contributed by atoms with E-state index in [1.807, 2.05) is 6.08 Å². The van der Waals surface area contributed by atoms with Gasteiger partial charge >= 0.3 is 11.9 Å². The minimum atomic E-state index is -1.76. The van der Waals surface area contributed by atoms with Crippen molar-refractivity contribution < 1.29 is 73.8 Å². The van der Waals surface area contributed by atoms with Gasteiger partial charge in [0.2, 0.25) is 0 Å². The third kappa shape index (κ3) is 31.0. The molecular formula is C56H104O15. The molecule has 2 heterocycles. The number of allylic oxidation sites excluding steroid dienone is 1. The molecule has 418 valence electrons. The van der Waals surface area contributed by atoms with Gasteiger partial charge in [0.05, 0.1) is 19.8 Å². The molecule has 0 saturated carbocycles. The average Bonchev–Trinajstić information content (AvgIpc) is 3.36. The fraction of sp³-hybridized carbons (Fsp3) is 0.929. The normalized spacial score (nSPS) is 25.0. The number of unbranched alkanes of at least 4 members (excludes halogenated alkanes) is 32. The van der Waals surface area contributed by atoms with Crippen LogP contribution in [0.5, 0.6) is 0 Å². The van der Waals surface area contributed by atoms with E-state index in [4.69, 9.17) is 28.4 Å². The van der Waals surface area contributed by atoms with Crippen LogP contribution >= 0.6 is 0 Å². The summed E-state index contributed by atoms with van der Waals surface area (Å²) in [5, 5.41) is 72.2. The first-order valence-electron chi connectivity index (χ1n) is 28.7. The Morgan fingerprint density at radius 3 is 1.25 bits per heavy atom. The topological polar surface area (TPSA) is 231 Å². The van der Waals surface area contributed by atoms with Crippen molar-refractivity contribution in [1.82, 2.24) is 0 Å².